The van der Waals surface area contributed by atoms with E-state index >= 15 is 0 Å². The van der Waals surface area contributed by atoms with E-state index < -0.39 is 11.8 Å². The quantitative estimate of drug-likeness (QED) is 0.448. The molecule has 148 valence electrons. The van der Waals surface area contributed by atoms with Gasteiger partial charge in [0.05, 0.1) is 4.47 Å². The van der Waals surface area contributed by atoms with Crippen LogP contribution in [0.3, 0.4) is 0 Å². The van der Waals surface area contributed by atoms with Gasteiger partial charge in [-0.15, -0.1) is 0 Å². The number of para-hydroxylation sites is 1. The highest BCUT2D eigenvalue weighted by atomic mass is 79.9. The first-order chi connectivity index (χ1) is 13.3. The molecule has 2 aromatic carbocycles. The first kappa shape index (κ1) is 21.6. The molecule has 9 heteroatoms. The second-order valence-electron chi connectivity index (χ2n) is 5.83. The number of hydrazine groups is 1. The molecule has 0 radical (unpaired) electrons. The molecule has 0 aliphatic heterocycles. The van der Waals surface area contributed by atoms with E-state index in [-0.39, 0.29) is 18.3 Å². The summed E-state index contributed by atoms with van der Waals surface area (Å²) in [7, 11) is 0. The predicted molar refractivity (Wildman–Crippen MR) is 113 cm³/mol. The molecule has 0 unspecified atom stereocenters. The molecule has 3 N–H and O–H groups in total. The van der Waals surface area contributed by atoms with Crippen molar-refractivity contribution in [2.75, 3.05) is 13.2 Å². The average molecular weight is 466 g/mol. The van der Waals surface area contributed by atoms with Gasteiger partial charge in [-0.3, -0.25) is 25.8 Å². The van der Waals surface area contributed by atoms with E-state index in [0.29, 0.717) is 11.5 Å². The third-order valence-corrected chi connectivity index (χ3v) is 4.29. The molecular formula is C19H20BrN3O4S. The highest BCUT2D eigenvalue weighted by Crippen LogP contribution is 2.25. The Morgan fingerprint density at radius 3 is 2.36 bits per heavy atom. The number of rotatable bonds is 6. The Kier molecular flexibility index (Phi) is 8.21. The standard InChI is InChI=1S/C19H20BrN3O4S/c1-12-7-8-16(14(20)9-12)27-11-18(25)22-23-19(28)21-17(24)10-26-15-6-4-3-5-13(15)2/h3-9H,10-11H2,1-2H3,(H,22,25)(H2,21,23,24,28). The van der Waals surface area contributed by atoms with Crippen molar-refractivity contribution in [2.24, 2.45) is 0 Å². The van der Waals surface area contributed by atoms with Gasteiger partial charge in [0, 0.05) is 0 Å². The van der Waals surface area contributed by atoms with Crippen LogP contribution >= 0.6 is 28.1 Å². The number of halogens is 1. The summed E-state index contributed by atoms with van der Waals surface area (Å²) in [6.07, 6.45) is 0. The van der Waals surface area contributed by atoms with E-state index in [4.69, 9.17) is 21.7 Å². The van der Waals surface area contributed by atoms with E-state index in [1.807, 2.05) is 44.2 Å². The molecule has 2 rings (SSSR count). The minimum absolute atomic E-state index is 0.0525. The predicted octanol–water partition coefficient (Wildman–Crippen LogP) is 2.55. The van der Waals surface area contributed by atoms with E-state index in [9.17, 15) is 9.59 Å². The fraction of sp³-hybridized carbons (Fsp3) is 0.211. The van der Waals surface area contributed by atoms with Crippen LogP contribution in [0.1, 0.15) is 11.1 Å². The van der Waals surface area contributed by atoms with Gasteiger partial charge >= 0.3 is 0 Å². The summed E-state index contributed by atoms with van der Waals surface area (Å²) < 4.78 is 11.6. The van der Waals surface area contributed by atoms with Gasteiger partial charge in [-0.1, -0.05) is 24.3 Å². The van der Waals surface area contributed by atoms with Crippen molar-refractivity contribution >= 4 is 45.1 Å². The fourth-order valence-electron chi connectivity index (χ4n) is 2.08. The smallest absolute Gasteiger partial charge is 0.276 e. The third kappa shape index (κ3) is 7.16. The Balaban J connectivity index is 1.67. The topological polar surface area (TPSA) is 88.7 Å². The van der Waals surface area contributed by atoms with Gasteiger partial charge in [-0.2, -0.15) is 0 Å². The van der Waals surface area contributed by atoms with Crippen LogP contribution in [-0.4, -0.2) is 30.1 Å². The molecule has 0 fully saturated rings. The first-order valence-corrected chi connectivity index (χ1v) is 9.51. The molecule has 0 saturated heterocycles. The number of aryl methyl sites for hydroxylation is 2. The fourth-order valence-corrected chi connectivity index (χ4v) is 2.86. The lowest BCUT2D eigenvalue weighted by atomic mass is 10.2. The maximum Gasteiger partial charge on any atom is 0.276 e. The Bertz CT molecular complexity index is 876. The zero-order valence-corrected chi connectivity index (χ0v) is 17.8. The summed E-state index contributed by atoms with van der Waals surface area (Å²) in [4.78, 5) is 23.7. The van der Waals surface area contributed by atoms with E-state index in [0.717, 1.165) is 15.6 Å². The Morgan fingerprint density at radius 1 is 0.964 bits per heavy atom. The van der Waals surface area contributed by atoms with Crippen molar-refractivity contribution in [2.45, 2.75) is 13.8 Å². The molecular weight excluding hydrogens is 446 g/mol. The minimum atomic E-state index is -0.458. The Labute approximate surface area is 176 Å². The average Bonchev–Trinajstić information content (AvgIpc) is 2.65. The van der Waals surface area contributed by atoms with Crippen molar-refractivity contribution in [1.29, 1.82) is 0 Å². The van der Waals surface area contributed by atoms with Gasteiger partial charge in [0.25, 0.3) is 11.8 Å². The molecule has 0 aliphatic rings. The monoisotopic (exact) mass is 465 g/mol. The van der Waals surface area contributed by atoms with Crippen LogP contribution < -0.4 is 25.6 Å². The molecule has 2 amide bonds. The molecule has 7 nitrogen and oxygen atoms in total. The summed E-state index contributed by atoms with van der Waals surface area (Å²) in [5.74, 6) is 0.254. The number of ether oxygens (including phenoxy) is 2. The number of nitrogens with one attached hydrogen (secondary N) is 3. The molecule has 0 atom stereocenters. The van der Waals surface area contributed by atoms with E-state index in [2.05, 4.69) is 32.1 Å². The van der Waals surface area contributed by atoms with Crippen LogP contribution in [-0.2, 0) is 9.59 Å². The second kappa shape index (κ2) is 10.6. The molecule has 0 saturated carbocycles. The lowest BCUT2D eigenvalue weighted by Gasteiger charge is -2.13. The Morgan fingerprint density at radius 2 is 1.64 bits per heavy atom. The molecule has 0 bridgehead atoms. The number of hydrogen-bond acceptors (Lipinski definition) is 5. The van der Waals surface area contributed by atoms with E-state index in [1.165, 1.54) is 0 Å². The number of hydrogen-bond donors (Lipinski definition) is 3. The van der Waals surface area contributed by atoms with Crippen molar-refractivity contribution in [1.82, 2.24) is 16.2 Å². The molecule has 2 aromatic rings. The van der Waals surface area contributed by atoms with Gasteiger partial charge in [0.2, 0.25) is 0 Å². The van der Waals surface area contributed by atoms with Crippen molar-refractivity contribution in [3.63, 3.8) is 0 Å². The van der Waals surface area contributed by atoms with Gasteiger partial charge in [-0.25, -0.2) is 0 Å². The summed E-state index contributed by atoms with van der Waals surface area (Å²) in [5.41, 5.74) is 6.77. The highest BCUT2D eigenvalue weighted by Gasteiger charge is 2.09. The summed E-state index contributed by atoms with van der Waals surface area (Å²) >= 11 is 8.33. The van der Waals surface area contributed by atoms with Gasteiger partial charge in [0.15, 0.2) is 18.3 Å². The molecule has 0 heterocycles. The molecule has 0 spiro atoms. The normalized spacial score (nSPS) is 9.96. The van der Waals surface area contributed by atoms with Crippen LogP contribution in [0, 0.1) is 13.8 Å². The van der Waals surface area contributed by atoms with Gasteiger partial charge in [0.1, 0.15) is 11.5 Å². The molecule has 28 heavy (non-hydrogen) atoms. The van der Waals surface area contributed by atoms with E-state index in [1.54, 1.807) is 12.1 Å². The summed E-state index contributed by atoms with van der Waals surface area (Å²) in [6, 6.07) is 12.9. The first-order valence-electron chi connectivity index (χ1n) is 8.31. The second-order valence-corrected chi connectivity index (χ2v) is 7.09. The maximum atomic E-state index is 11.9. The number of carbonyl (C=O) groups is 2. The number of thiocarbonyl (C=S) groups is 1. The van der Waals surface area contributed by atoms with Crippen molar-refractivity contribution in [3.05, 3.63) is 58.1 Å². The zero-order valence-electron chi connectivity index (χ0n) is 15.4. The molecule has 0 aromatic heterocycles. The van der Waals surface area contributed by atoms with Crippen LogP contribution in [0.15, 0.2) is 46.9 Å². The lowest BCUT2D eigenvalue weighted by Crippen LogP contribution is -2.50. The Hall–Kier alpha value is -2.65. The van der Waals surface area contributed by atoms with Crippen LogP contribution in [0.25, 0.3) is 0 Å². The lowest BCUT2D eigenvalue weighted by molar-refractivity contribution is -0.124. The third-order valence-electron chi connectivity index (χ3n) is 3.47. The highest BCUT2D eigenvalue weighted by molar-refractivity contribution is 9.10. The van der Waals surface area contributed by atoms with Crippen LogP contribution in [0.2, 0.25) is 0 Å². The number of amides is 2. The minimum Gasteiger partial charge on any atom is -0.483 e. The number of carbonyl (C=O) groups excluding carboxylic acids is 2. The van der Waals surface area contributed by atoms with Crippen LogP contribution in [0.4, 0.5) is 0 Å². The largest absolute Gasteiger partial charge is 0.483 e. The maximum absolute atomic E-state index is 11.9. The van der Waals surface area contributed by atoms with Crippen LogP contribution in [0.5, 0.6) is 11.5 Å². The number of benzene rings is 2. The molecule has 0 aliphatic carbocycles. The summed E-state index contributed by atoms with van der Waals surface area (Å²) in [5, 5.41) is 2.35. The SMILES string of the molecule is Cc1ccc(OCC(=O)NNC(=S)NC(=O)COc2ccccc2C)c(Br)c1. The van der Waals surface area contributed by atoms with Gasteiger partial charge in [-0.05, 0) is 71.3 Å². The van der Waals surface area contributed by atoms with Gasteiger partial charge < -0.3 is 9.47 Å². The van der Waals surface area contributed by atoms with Crippen molar-refractivity contribution in [3.8, 4) is 11.5 Å². The summed E-state index contributed by atoms with van der Waals surface area (Å²) in [6.45, 7) is 3.41. The zero-order chi connectivity index (χ0) is 20.5. The van der Waals surface area contributed by atoms with Crippen molar-refractivity contribution < 1.29 is 19.1 Å².